The van der Waals surface area contributed by atoms with Crippen molar-refractivity contribution in [1.29, 1.82) is 0 Å². The third kappa shape index (κ3) is 2.55. The molecule has 16 heavy (non-hydrogen) atoms. The second kappa shape index (κ2) is 5.25. The Bertz CT molecular complexity index is 218. The molecule has 2 fully saturated rings. The van der Waals surface area contributed by atoms with Crippen molar-refractivity contribution in [1.82, 2.24) is 10.4 Å². The van der Waals surface area contributed by atoms with Crippen molar-refractivity contribution in [3.05, 3.63) is 0 Å². The summed E-state index contributed by atoms with van der Waals surface area (Å²) in [5, 5.41) is 2.47. The van der Waals surface area contributed by atoms with Crippen LogP contribution in [0.5, 0.6) is 0 Å². The Morgan fingerprint density at radius 3 is 2.56 bits per heavy atom. The van der Waals surface area contributed by atoms with Gasteiger partial charge < -0.3 is 5.73 Å². The number of piperidine rings is 1. The van der Waals surface area contributed by atoms with Crippen LogP contribution in [0.15, 0.2) is 0 Å². The molecule has 0 bridgehead atoms. The van der Waals surface area contributed by atoms with E-state index in [1.54, 1.807) is 0 Å². The number of hydrazine groups is 1. The highest BCUT2D eigenvalue weighted by Crippen LogP contribution is 2.30. The van der Waals surface area contributed by atoms with Gasteiger partial charge in [-0.15, -0.1) is 0 Å². The lowest BCUT2D eigenvalue weighted by atomic mass is 9.97. The van der Waals surface area contributed by atoms with Crippen LogP contribution < -0.4 is 11.2 Å². The summed E-state index contributed by atoms with van der Waals surface area (Å²) >= 11 is 2.03. The second-order valence-electron chi connectivity index (χ2n) is 5.44. The van der Waals surface area contributed by atoms with Crippen molar-refractivity contribution >= 4 is 11.8 Å². The van der Waals surface area contributed by atoms with Crippen molar-refractivity contribution in [2.45, 2.75) is 57.2 Å². The number of nitrogens with two attached hydrogens (primary N) is 1. The highest BCUT2D eigenvalue weighted by molar-refractivity contribution is 7.99. The zero-order valence-electron chi connectivity index (χ0n) is 10.5. The van der Waals surface area contributed by atoms with E-state index >= 15 is 0 Å². The van der Waals surface area contributed by atoms with Gasteiger partial charge in [0.1, 0.15) is 0 Å². The van der Waals surface area contributed by atoms with Crippen LogP contribution in [-0.4, -0.2) is 40.7 Å². The zero-order valence-corrected chi connectivity index (χ0v) is 11.4. The number of hydrogen-bond donors (Lipinski definition) is 2. The summed E-state index contributed by atoms with van der Waals surface area (Å²) in [6.45, 7) is 5.42. The second-order valence-corrected chi connectivity index (χ2v) is 6.54. The third-order valence-electron chi connectivity index (χ3n) is 4.05. The van der Waals surface area contributed by atoms with Gasteiger partial charge >= 0.3 is 0 Å². The first kappa shape index (κ1) is 12.7. The molecular weight excluding hydrogens is 218 g/mol. The fourth-order valence-electron chi connectivity index (χ4n) is 2.82. The first-order valence-corrected chi connectivity index (χ1v) is 7.66. The van der Waals surface area contributed by atoms with Crippen LogP contribution in [-0.2, 0) is 0 Å². The minimum atomic E-state index is 0.171. The van der Waals surface area contributed by atoms with E-state index in [0.717, 1.165) is 6.54 Å². The smallest absolute Gasteiger partial charge is 0.0546 e. The van der Waals surface area contributed by atoms with Gasteiger partial charge in [-0.1, -0.05) is 6.42 Å². The molecule has 0 aromatic rings. The molecule has 3 unspecified atom stereocenters. The maximum absolute atomic E-state index is 5.97. The van der Waals surface area contributed by atoms with Gasteiger partial charge in [0.2, 0.25) is 0 Å². The average molecular weight is 243 g/mol. The van der Waals surface area contributed by atoms with Gasteiger partial charge in [-0.25, -0.2) is 10.4 Å². The zero-order chi connectivity index (χ0) is 11.6. The summed E-state index contributed by atoms with van der Waals surface area (Å²) in [4.78, 5) is 0. The molecule has 0 aromatic heterocycles. The molecule has 0 amide bonds. The van der Waals surface area contributed by atoms with Crippen molar-refractivity contribution in [2.75, 3.05) is 18.1 Å². The van der Waals surface area contributed by atoms with E-state index in [1.165, 1.54) is 37.2 Å². The Hall–Kier alpha value is 0.230. The number of nitrogens with one attached hydrogen (secondary N) is 1. The molecule has 4 heteroatoms. The molecule has 0 spiro atoms. The number of nitrogens with zero attached hydrogens (tertiary/aromatic N) is 1. The molecule has 2 aliphatic heterocycles. The van der Waals surface area contributed by atoms with Gasteiger partial charge in [-0.3, -0.25) is 0 Å². The van der Waals surface area contributed by atoms with E-state index in [1.807, 2.05) is 11.8 Å². The molecule has 0 saturated carbocycles. The van der Waals surface area contributed by atoms with E-state index in [-0.39, 0.29) is 5.54 Å². The SMILES string of the molecule is CC1CCCC(C)N1NC1(CN)CCSC1. The monoisotopic (exact) mass is 243 g/mol. The van der Waals surface area contributed by atoms with Crippen LogP contribution >= 0.6 is 11.8 Å². The molecule has 2 saturated heterocycles. The normalized spacial score (nSPS) is 41.4. The Morgan fingerprint density at radius 2 is 2.06 bits per heavy atom. The van der Waals surface area contributed by atoms with Crippen LogP contribution in [0.2, 0.25) is 0 Å². The molecule has 2 heterocycles. The van der Waals surface area contributed by atoms with Crippen molar-refractivity contribution in [2.24, 2.45) is 5.73 Å². The number of hydrogen-bond acceptors (Lipinski definition) is 4. The molecule has 3 nitrogen and oxygen atoms in total. The highest BCUT2D eigenvalue weighted by Gasteiger charge is 2.37. The molecule has 0 radical (unpaired) electrons. The number of rotatable bonds is 3. The fraction of sp³-hybridized carbons (Fsp3) is 1.00. The van der Waals surface area contributed by atoms with Gasteiger partial charge in [0.25, 0.3) is 0 Å². The summed E-state index contributed by atoms with van der Waals surface area (Å²) in [5.74, 6) is 2.42. The van der Waals surface area contributed by atoms with Crippen molar-refractivity contribution < 1.29 is 0 Å². The van der Waals surface area contributed by atoms with Crippen LogP contribution in [0.1, 0.15) is 39.5 Å². The number of thioether (sulfide) groups is 1. The van der Waals surface area contributed by atoms with E-state index in [2.05, 4.69) is 24.3 Å². The molecule has 0 aromatic carbocycles. The van der Waals surface area contributed by atoms with Gasteiger partial charge in [0, 0.05) is 24.4 Å². The van der Waals surface area contributed by atoms with E-state index < -0.39 is 0 Å². The molecule has 2 rings (SSSR count). The lowest BCUT2D eigenvalue weighted by Crippen LogP contribution is -2.63. The van der Waals surface area contributed by atoms with E-state index in [9.17, 15) is 0 Å². The van der Waals surface area contributed by atoms with Crippen LogP contribution in [0.25, 0.3) is 0 Å². The Morgan fingerprint density at radius 1 is 1.38 bits per heavy atom. The molecular formula is C12H25N3S. The topological polar surface area (TPSA) is 41.3 Å². The maximum atomic E-state index is 5.97. The Kier molecular flexibility index (Phi) is 4.16. The van der Waals surface area contributed by atoms with Crippen molar-refractivity contribution in [3.63, 3.8) is 0 Å². The minimum absolute atomic E-state index is 0.171. The van der Waals surface area contributed by atoms with Gasteiger partial charge in [0.15, 0.2) is 0 Å². The quantitative estimate of drug-likeness (QED) is 0.790. The van der Waals surface area contributed by atoms with Crippen LogP contribution in [0, 0.1) is 0 Å². The van der Waals surface area contributed by atoms with Gasteiger partial charge in [-0.2, -0.15) is 11.8 Å². The van der Waals surface area contributed by atoms with Gasteiger partial charge in [-0.05, 0) is 38.9 Å². The van der Waals surface area contributed by atoms with Crippen LogP contribution in [0.4, 0.5) is 0 Å². The third-order valence-corrected chi connectivity index (χ3v) is 5.30. The van der Waals surface area contributed by atoms with E-state index in [0.29, 0.717) is 12.1 Å². The Balaban J connectivity index is 2.00. The predicted octanol–water partition coefficient (Wildman–Crippen LogP) is 1.59. The summed E-state index contributed by atoms with van der Waals surface area (Å²) < 4.78 is 0. The summed E-state index contributed by atoms with van der Waals surface area (Å²) in [7, 11) is 0. The Labute approximate surface area is 103 Å². The molecule has 94 valence electrons. The molecule has 2 aliphatic rings. The van der Waals surface area contributed by atoms with Crippen LogP contribution in [0.3, 0.4) is 0 Å². The highest BCUT2D eigenvalue weighted by atomic mass is 32.2. The molecule has 3 atom stereocenters. The summed E-state index contributed by atoms with van der Waals surface area (Å²) in [6, 6.07) is 1.30. The maximum Gasteiger partial charge on any atom is 0.0546 e. The summed E-state index contributed by atoms with van der Waals surface area (Å²) in [6.07, 6.45) is 5.20. The first-order chi connectivity index (χ1) is 7.67. The average Bonchev–Trinajstić information content (AvgIpc) is 2.73. The van der Waals surface area contributed by atoms with Crippen molar-refractivity contribution in [3.8, 4) is 0 Å². The summed E-state index contributed by atoms with van der Waals surface area (Å²) in [5.41, 5.74) is 9.91. The fourth-order valence-corrected chi connectivity index (χ4v) is 4.21. The largest absolute Gasteiger partial charge is 0.329 e. The lowest BCUT2D eigenvalue weighted by molar-refractivity contribution is 0.00863. The van der Waals surface area contributed by atoms with E-state index in [4.69, 9.17) is 5.73 Å². The molecule has 3 N–H and O–H groups in total. The molecule has 0 aliphatic carbocycles. The minimum Gasteiger partial charge on any atom is -0.329 e. The standard InChI is InChI=1S/C12H25N3S/c1-10-4-3-5-11(2)15(10)14-12(8-13)6-7-16-9-12/h10-11,14H,3-9,13H2,1-2H3. The first-order valence-electron chi connectivity index (χ1n) is 6.51. The van der Waals surface area contributed by atoms with Gasteiger partial charge in [0.05, 0.1) is 5.54 Å². The predicted molar refractivity (Wildman–Crippen MR) is 71.5 cm³/mol. The lowest BCUT2D eigenvalue weighted by Gasteiger charge is -2.44.